The monoisotopic (exact) mass is 393 g/mol. The molecule has 1 N–H and O–H groups in total. The van der Waals surface area contributed by atoms with Crippen LogP contribution in [0.2, 0.25) is 5.02 Å². The summed E-state index contributed by atoms with van der Waals surface area (Å²) in [7, 11) is 0. The third kappa shape index (κ3) is 3.37. The fraction of sp³-hybridized carbons (Fsp3) is 0.136. The van der Waals surface area contributed by atoms with Crippen LogP contribution >= 0.6 is 11.6 Å². The van der Waals surface area contributed by atoms with Gasteiger partial charge in [0.25, 0.3) is 0 Å². The fourth-order valence-corrected chi connectivity index (χ4v) is 3.66. The van der Waals surface area contributed by atoms with Crippen molar-refractivity contribution in [2.24, 2.45) is 0 Å². The largest absolute Gasteiger partial charge is 0.488 e. The molecule has 0 spiro atoms. The second-order valence-corrected chi connectivity index (χ2v) is 6.98. The lowest BCUT2D eigenvalue weighted by molar-refractivity contribution is -0.138. The maximum Gasteiger partial charge on any atom is 0.311 e. The second kappa shape index (κ2) is 7.44. The number of aliphatic carboxylic acids is 1. The van der Waals surface area contributed by atoms with E-state index in [0.717, 1.165) is 16.7 Å². The molecule has 1 aromatic heterocycles. The van der Waals surface area contributed by atoms with E-state index >= 15 is 0 Å². The molecule has 5 nitrogen and oxygen atoms in total. The van der Waals surface area contributed by atoms with Crippen molar-refractivity contribution >= 4 is 23.4 Å². The number of hydrogen-bond acceptors (Lipinski definition) is 4. The number of carboxylic acid groups (broad SMARTS) is 1. The standard InChI is InChI=1S/C22H16ClNO4/c23-19-4-2-1-3-16(19)18(22(26)27)10-20(25)13-5-6-17-15-7-8-24-11-14(15)12-28-21(17)9-13/h1-9,11,18H,10,12H2,(H,26,27)/t18-/m0/s1. The lowest BCUT2D eigenvalue weighted by Crippen LogP contribution is -2.17. The Morgan fingerprint density at radius 1 is 1.14 bits per heavy atom. The van der Waals surface area contributed by atoms with Gasteiger partial charge in [0.2, 0.25) is 0 Å². The molecule has 0 radical (unpaired) electrons. The molecular formula is C22H16ClNO4. The third-order valence-corrected chi connectivity index (χ3v) is 5.19. The minimum absolute atomic E-state index is 0.182. The summed E-state index contributed by atoms with van der Waals surface area (Å²) in [5.41, 5.74) is 3.74. The average molecular weight is 394 g/mol. The molecule has 1 atom stereocenters. The lowest BCUT2D eigenvalue weighted by atomic mass is 9.90. The molecule has 0 aliphatic carbocycles. The van der Waals surface area contributed by atoms with E-state index in [4.69, 9.17) is 16.3 Å². The number of carbonyl (C=O) groups is 2. The zero-order valence-electron chi connectivity index (χ0n) is 14.8. The summed E-state index contributed by atoms with van der Waals surface area (Å²) in [5, 5.41) is 9.94. The first-order chi connectivity index (χ1) is 13.5. The van der Waals surface area contributed by atoms with Gasteiger partial charge in [0.05, 0.1) is 5.92 Å². The van der Waals surface area contributed by atoms with E-state index in [1.54, 1.807) is 48.8 Å². The predicted octanol–water partition coefficient (Wildman–Crippen LogP) is 4.74. The molecule has 6 heteroatoms. The molecule has 0 amide bonds. The van der Waals surface area contributed by atoms with Crippen molar-refractivity contribution in [2.75, 3.05) is 0 Å². The van der Waals surface area contributed by atoms with E-state index in [1.807, 2.05) is 12.1 Å². The topological polar surface area (TPSA) is 76.5 Å². The number of carboxylic acids is 1. The summed E-state index contributed by atoms with van der Waals surface area (Å²) in [4.78, 5) is 28.7. The van der Waals surface area contributed by atoms with Crippen molar-refractivity contribution in [3.8, 4) is 16.9 Å². The number of Topliss-reactive ketones (excluding diaryl/α,β-unsaturated/α-hetero) is 1. The van der Waals surface area contributed by atoms with Gasteiger partial charge < -0.3 is 9.84 Å². The molecule has 1 aliphatic rings. The number of hydrogen-bond donors (Lipinski definition) is 1. The lowest BCUT2D eigenvalue weighted by Gasteiger charge is -2.21. The maximum absolute atomic E-state index is 12.8. The first kappa shape index (κ1) is 18.2. The van der Waals surface area contributed by atoms with Gasteiger partial charge in [-0.2, -0.15) is 0 Å². The number of nitrogens with zero attached hydrogens (tertiary/aromatic N) is 1. The van der Waals surface area contributed by atoms with E-state index < -0.39 is 11.9 Å². The van der Waals surface area contributed by atoms with Gasteiger partial charge in [-0.15, -0.1) is 0 Å². The number of aromatic nitrogens is 1. The van der Waals surface area contributed by atoms with Crippen molar-refractivity contribution < 1.29 is 19.4 Å². The maximum atomic E-state index is 12.8. The van der Waals surface area contributed by atoms with Crippen molar-refractivity contribution in [3.63, 3.8) is 0 Å². The molecular weight excluding hydrogens is 378 g/mol. The Kier molecular flexibility index (Phi) is 4.84. The fourth-order valence-electron chi connectivity index (χ4n) is 3.39. The summed E-state index contributed by atoms with van der Waals surface area (Å²) in [6.07, 6.45) is 3.30. The molecule has 2 aromatic carbocycles. The van der Waals surface area contributed by atoms with Crippen LogP contribution in [0.3, 0.4) is 0 Å². The highest BCUT2D eigenvalue weighted by molar-refractivity contribution is 6.31. The Morgan fingerprint density at radius 2 is 1.96 bits per heavy atom. The van der Waals surface area contributed by atoms with Crippen molar-refractivity contribution in [1.29, 1.82) is 0 Å². The van der Waals surface area contributed by atoms with Gasteiger partial charge in [0.1, 0.15) is 12.4 Å². The first-order valence-electron chi connectivity index (χ1n) is 8.75. The van der Waals surface area contributed by atoms with E-state index in [-0.39, 0.29) is 12.2 Å². The number of benzene rings is 2. The smallest absolute Gasteiger partial charge is 0.311 e. The van der Waals surface area contributed by atoms with E-state index in [9.17, 15) is 14.7 Å². The van der Waals surface area contributed by atoms with Crippen LogP contribution in [0.15, 0.2) is 60.9 Å². The molecule has 1 aliphatic heterocycles. The number of carbonyl (C=O) groups excluding carboxylic acids is 1. The van der Waals surface area contributed by atoms with Gasteiger partial charge in [-0.25, -0.2) is 0 Å². The summed E-state index contributed by atoms with van der Waals surface area (Å²) >= 11 is 6.14. The summed E-state index contributed by atoms with van der Waals surface area (Å²) in [6, 6.07) is 13.8. The summed E-state index contributed by atoms with van der Waals surface area (Å²) < 4.78 is 5.77. The van der Waals surface area contributed by atoms with Gasteiger partial charge in [-0.3, -0.25) is 14.6 Å². The van der Waals surface area contributed by atoms with Crippen LogP contribution in [0, 0.1) is 0 Å². The Labute approximate surface area is 166 Å². The minimum atomic E-state index is -1.09. The van der Waals surface area contributed by atoms with Gasteiger partial charge in [-0.1, -0.05) is 35.9 Å². The quantitative estimate of drug-likeness (QED) is 0.634. The number of rotatable bonds is 5. The molecule has 0 saturated heterocycles. The normalized spacial score (nSPS) is 13.0. The molecule has 2 heterocycles. The third-order valence-electron chi connectivity index (χ3n) is 4.85. The Balaban J connectivity index is 1.62. The molecule has 140 valence electrons. The van der Waals surface area contributed by atoms with Crippen molar-refractivity contribution in [2.45, 2.75) is 18.9 Å². The average Bonchev–Trinajstić information content (AvgIpc) is 2.71. The number of ether oxygens (including phenoxy) is 1. The van der Waals surface area contributed by atoms with Crippen molar-refractivity contribution in [3.05, 3.63) is 82.6 Å². The zero-order valence-corrected chi connectivity index (χ0v) is 15.5. The highest BCUT2D eigenvalue weighted by Crippen LogP contribution is 2.38. The van der Waals surface area contributed by atoms with Crippen LogP contribution < -0.4 is 4.74 Å². The zero-order chi connectivity index (χ0) is 19.7. The summed E-state index contributed by atoms with van der Waals surface area (Å²) in [5.74, 6) is -1.77. The second-order valence-electron chi connectivity index (χ2n) is 6.57. The molecule has 0 fully saturated rings. The van der Waals surface area contributed by atoms with Gasteiger partial charge in [0.15, 0.2) is 5.78 Å². The van der Waals surface area contributed by atoms with E-state index in [0.29, 0.717) is 28.5 Å². The molecule has 3 aromatic rings. The molecule has 0 bridgehead atoms. The number of fused-ring (bicyclic) bond motifs is 3. The van der Waals surface area contributed by atoms with E-state index in [2.05, 4.69) is 4.98 Å². The minimum Gasteiger partial charge on any atom is -0.488 e. The molecule has 0 unspecified atom stereocenters. The van der Waals surface area contributed by atoms with Crippen LogP contribution in [0.5, 0.6) is 5.75 Å². The van der Waals surface area contributed by atoms with Crippen LogP contribution in [-0.4, -0.2) is 21.8 Å². The van der Waals surface area contributed by atoms with Crippen LogP contribution in [0.25, 0.3) is 11.1 Å². The van der Waals surface area contributed by atoms with Crippen LogP contribution in [-0.2, 0) is 11.4 Å². The van der Waals surface area contributed by atoms with Gasteiger partial charge in [-0.05, 0) is 35.4 Å². The highest BCUT2D eigenvalue weighted by atomic mass is 35.5. The summed E-state index contributed by atoms with van der Waals surface area (Å²) in [6.45, 7) is 0.380. The SMILES string of the molecule is O=C(C[C@H](C(=O)O)c1ccccc1Cl)c1ccc2c(c1)OCc1cnccc1-2. The number of halogens is 1. The van der Waals surface area contributed by atoms with Crippen LogP contribution in [0.4, 0.5) is 0 Å². The molecule has 28 heavy (non-hydrogen) atoms. The van der Waals surface area contributed by atoms with Gasteiger partial charge in [0, 0.05) is 40.5 Å². The number of pyridine rings is 1. The first-order valence-corrected chi connectivity index (χ1v) is 9.13. The Morgan fingerprint density at radius 3 is 2.75 bits per heavy atom. The van der Waals surface area contributed by atoms with Crippen LogP contribution in [0.1, 0.15) is 33.8 Å². The van der Waals surface area contributed by atoms with Crippen molar-refractivity contribution in [1.82, 2.24) is 4.98 Å². The molecule has 4 rings (SSSR count). The molecule has 0 saturated carbocycles. The van der Waals surface area contributed by atoms with Gasteiger partial charge >= 0.3 is 5.97 Å². The van der Waals surface area contributed by atoms with E-state index in [1.165, 1.54) is 0 Å². The highest BCUT2D eigenvalue weighted by Gasteiger charge is 2.27. The number of ketones is 1. The Bertz CT molecular complexity index is 1080. The Hall–Kier alpha value is -3.18. The predicted molar refractivity (Wildman–Crippen MR) is 105 cm³/mol.